The number of amides is 1. The molecule has 0 saturated heterocycles. The molecule has 1 heterocycles. The van der Waals surface area contributed by atoms with Crippen LogP contribution in [0, 0.1) is 0 Å². The van der Waals surface area contributed by atoms with E-state index in [1.807, 2.05) is 42.7 Å². The van der Waals surface area contributed by atoms with Gasteiger partial charge in [-0.2, -0.15) is 0 Å². The molecule has 25 heavy (non-hydrogen) atoms. The van der Waals surface area contributed by atoms with Crippen molar-refractivity contribution in [2.75, 3.05) is 12.8 Å². The summed E-state index contributed by atoms with van der Waals surface area (Å²) < 4.78 is 0. The Hall–Kier alpha value is -1.75. The summed E-state index contributed by atoms with van der Waals surface area (Å²) in [6, 6.07) is 15.0. The van der Waals surface area contributed by atoms with E-state index in [0.717, 1.165) is 11.1 Å². The van der Waals surface area contributed by atoms with Crippen LogP contribution >= 0.6 is 35.0 Å². The van der Waals surface area contributed by atoms with E-state index < -0.39 is 0 Å². The van der Waals surface area contributed by atoms with Gasteiger partial charge in [0.15, 0.2) is 5.17 Å². The summed E-state index contributed by atoms with van der Waals surface area (Å²) in [7, 11) is 0. The van der Waals surface area contributed by atoms with Crippen LogP contribution in [0.1, 0.15) is 11.1 Å². The zero-order chi connectivity index (χ0) is 17.8. The molecule has 3 nitrogen and oxygen atoms in total. The third-order valence-corrected chi connectivity index (χ3v) is 5.13. The summed E-state index contributed by atoms with van der Waals surface area (Å²) in [5.41, 5.74) is 2.35. The molecule has 0 spiro atoms. The van der Waals surface area contributed by atoms with Gasteiger partial charge in [0.25, 0.3) is 5.91 Å². The lowest BCUT2D eigenvalue weighted by Crippen LogP contribution is -2.32. The number of thioether (sulfide) groups is 1. The molecule has 128 valence electrons. The van der Waals surface area contributed by atoms with Gasteiger partial charge < -0.3 is 0 Å². The highest BCUT2D eigenvalue weighted by Gasteiger charge is 2.29. The van der Waals surface area contributed by atoms with Crippen molar-refractivity contribution in [2.24, 2.45) is 4.99 Å². The normalized spacial score (nSPS) is 15.8. The molecule has 0 bridgehead atoms. The molecule has 0 radical (unpaired) electrons. The Morgan fingerprint density at radius 3 is 2.52 bits per heavy atom. The van der Waals surface area contributed by atoms with Gasteiger partial charge in [0.1, 0.15) is 5.70 Å². The zero-order valence-corrected chi connectivity index (χ0v) is 15.9. The Balaban J connectivity index is 1.77. The molecule has 0 N–H and O–H groups in total. The molecule has 6 heteroatoms. The van der Waals surface area contributed by atoms with Crippen molar-refractivity contribution in [1.82, 2.24) is 4.90 Å². The molecule has 0 aliphatic carbocycles. The van der Waals surface area contributed by atoms with Crippen molar-refractivity contribution in [1.29, 1.82) is 0 Å². The van der Waals surface area contributed by atoms with Gasteiger partial charge in [0, 0.05) is 16.6 Å². The molecule has 1 amide bonds. The lowest BCUT2D eigenvalue weighted by Gasteiger charge is -2.17. The Kier molecular flexibility index (Phi) is 5.84. The van der Waals surface area contributed by atoms with E-state index in [2.05, 4.69) is 4.99 Å². The number of halogens is 2. The zero-order valence-electron chi connectivity index (χ0n) is 13.6. The summed E-state index contributed by atoms with van der Waals surface area (Å²) in [5, 5.41) is 2.08. The first kappa shape index (κ1) is 18.1. The molecule has 0 atom stereocenters. The summed E-state index contributed by atoms with van der Waals surface area (Å²) in [6.45, 7) is 0.542. The van der Waals surface area contributed by atoms with Gasteiger partial charge >= 0.3 is 0 Å². The average molecular weight is 391 g/mol. The van der Waals surface area contributed by atoms with E-state index >= 15 is 0 Å². The number of aliphatic imine (C=N–C) groups is 1. The maximum absolute atomic E-state index is 12.7. The van der Waals surface area contributed by atoms with Crippen LogP contribution in [0.5, 0.6) is 0 Å². The quantitative estimate of drug-likeness (QED) is 0.677. The average Bonchev–Trinajstić information content (AvgIpc) is 2.91. The number of amidine groups is 1. The summed E-state index contributed by atoms with van der Waals surface area (Å²) in [5.74, 6) is -0.0913. The van der Waals surface area contributed by atoms with Crippen LogP contribution in [0.3, 0.4) is 0 Å². The van der Waals surface area contributed by atoms with E-state index in [-0.39, 0.29) is 5.91 Å². The molecular formula is C19H16Cl2N2OS. The Morgan fingerprint density at radius 1 is 1.12 bits per heavy atom. The lowest BCUT2D eigenvalue weighted by atomic mass is 10.1. The summed E-state index contributed by atoms with van der Waals surface area (Å²) in [6.07, 6.45) is 4.38. The third-order valence-electron chi connectivity index (χ3n) is 3.83. The van der Waals surface area contributed by atoms with E-state index in [1.54, 1.807) is 23.1 Å². The molecule has 0 fully saturated rings. The van der Waals surface area contributed by atoms with Crippen molar-refractivity contribution >= 4 is 52.1 Å². The van der Waals surface area contributed by atoms with Gasteiger partial charge in [-0.15, -0.1) is 0 Å². The second kappa shape index (κ2) is 8.09. The largest absolute Gasteiger partial charge is 0.285 e. The third kappa shape index (κ3) is 4.27. The summed E-state index contributed by atoms with van der Waals surface area (Å²) in [4.78, 5) is 18.9. The minimum atomic E-state index is -0.0913. The first-order valence-corrected chi connectivity index (χ1v) is 9.72. The number of hydrogen-bond donors (Lipinski definition) is 0. The SMILES string of the molecule is CSC1=NC(=Cc2ccc(Cl)cc2)C(=O)N1CCc1ccccc1Cl. The molecule has 3 rings (SSSR count). The van der Waals surface area contributed by atoms with Gasteiger partial charge in [-0.25, -0.2) is 4.99 Å². The molecule has 0 aromatic heterocycles. The maximum atomic E-state index is 12.7. The standard InChI is InChI=1S/C19H16Cl2N2OS/c1-25-19-22-17(12-13-6-8-15(20)9-7-13)18(24)23(19)11-10-14-4-2-3-5-16(14)21/h2-9,12H,10-11H2,1H3. The first-order valence-electron chi connectivity index (χ1n) is 7.73. The monoisotopic (exact) mass is 390 g/mol. The number of hydrogen-bond acceptors (Lipinski definition) is 3. The van der Waals surface area contributed by atoms with Crippen molar-refractivity contribution in [3.8, 4) is 0 Å². The predicted octanol–water partition coefficient (Wildman–Crippen LogP) is 5.14. The predicted molar refractivity (Wildman–Crippen MR) is 107 cm³/mol. The van der Waals surface area contributed by atoms with Crippen LogP contribution in [0.4, 0.5) is 0 Å². The second-order valence-electron chi connectivity index (χ2n) is 5.48. The number of carbonyl (C=O) groups excluding carboxylic acids is 1. The molecule has 1 aliphatic rings. The van der Waals surface area contributed by atoms with E-state index in [4.69, 9.17) is 23.2 Å². The molecule has 1 aliphatic heterocycles. The Bertz CT molecular complexity index is 847. The fraction of sp³-hybridized carbons (Fsp3) is 0.158. The highest BCUT2D eigenvalue weighted by atomic mass is 35.5. The second-order valence-corrected chi connectivity index (χ2v) is 7.09. The van der Waals surface area contributed by atoms with Gasteiger partial charge in [0.2, 0.25) is 0 Å². The molecule has 2 aromatic rings. The van der Waals surface area contributed by atoms with Gasteiger partial charge in [-0.3, -0.25) is 9.69 Å². The van der Waals surface area contributed by atoms with E-state index in [9.17, 15) is 4.79 Å². The van der Waals surface area contributed by atoms with Gasteiger partial charge in [-0.1, -0.05) is 65.3 Å². The minimum Gasteiger partial charge on any atom is -0.285 e. The van der Waals surface area contributed by atoms with Crippen LogP contribution in [0.2, 0.25) is 10.0 Å². The van der Waals surface area contributed by atoms with Crippen molar-refractivity contribution in [3.63, 3.8) is 0 Å². The lowest BCUT2D eigenvalue weighted by molar-refractivity contribution is -0.122. The van der Waals surface area contributed by atoms with Crippen LogP contribution in [-0.4, -0.2) is 28.8 Å². The molecule has 0 saturated carbocycles. The highest BCUT2D eigenvalue weighted by Crippen LogP contribution is 2.24. The van der Waals surface area contributed by atoms with Crippen LogP contribution in [0.15, 0.2) is 59.2 Å². The van der Waals surface area contributed by atoms with Gasteiger partial charge in [-0.05, 0) is 48.1 Å². The van der Waals surface area contributed by atoms with E-state index in [1.165, 1.54) is 11.8 Å². The minimum absolute atomic E-state index is 0.0913. The highest BCUT2D eigenvalue weighted by molar-refractivity contribution is 8.13. The van der Waals surface area contributed by atoms with Crippen molar-refractivity contribution in [2.45, 2.75) is 6.42 Å². The number of carbonyl (C=O) groups is 1. The Labute approximate surface area is 161 Å². The summed E-state index contributed by atoms with van der Waals surface area (Å²) >= 11 is 13.6. The van der Waals surface area contributed by atoms with Crippen molar-refractivity contribution in [3.05, 3.63) is 75.4 Å². The fourth-order valence-corrected chi connectivity index (χ4v) is 3.47. The molecular weight excluding hydrogens is 375 g/mol. The van der Waals surface area contributed by atoms with Crippen LogP contribution in [0.25, 0.3) is 6.08 Å². The topological polar surface area (TPSA) is 32.7 Å². The van der Waals surface area contributed by atoms with Crippen LogP contribution < -0.4 is 0 Å². The maximum Gasteiger partial charge on any atom is 0.278 e. The Morgan fingerprint density at radius 2 is 1.84 bits per heavy atom. The molecule has 0 unspecified atom stereocenters. The first-order chi connectivity index (χ1) is 12.1. The van der Waals surface area contributed by atoms with Gasteiger partial charge in [0.05, 0.1) is 0 Å². The smallest absolute Gasteiger partial charge is 0.278 e. The number of nitrogens with zero attached hydrogens (tertiary/aromatic N) is 2. The number of rotatable bonds is 4. The van der Waals surface area contributed by atoms with E-state index in [0.29, 0.717) is 33.9 Å². The molecule has 2 aromatic carbocycles. The van der Waals surface area contributed by atoms with Crippen LogP contribution in [-0.2, 0) is 11.2 Å². The fourth-order valence-electron chi connectivity index (χ4n) is 2.53. The number of benzene rings is 2. The van der Waals surface area contributed by atoms with Crippen molar-refractivity contribution < 1.29 is 4.79 Å².